The van der Waals surface area contributed by atoms with Crippen molar-refractivity contribution in [3.05, 3.63) is 23.8 Å². The first-order valence-corrected chi connectivity index (χ1v) is 5.21. The third-order valence-electron chi connectivity index (χ3n) is 2.33. The number of phenolic OH excluding ortho intramolecular Hbond substituents is 1. The van der Waals surface area contributed by atoms with Crippen LogP contribution >= 0.6 is 0 Å². The second-order valence-electron chi connectivity index (χ2n) is 3.73. The predicted octanol–water partition coefficient (Wildman–Crippen LogP) is 2.24. The number of hydrogen-bond donors (Lipinski definition) is 1. The topological polar surface area (TPSA) is 32.7 Å². The van der Waals surface area contributed by atoms with E-state index in [4.69, 9.17) is 4.74 Å². The van der Waals surface area contributed by atoms with E-state index in [1.165, 1.54) is 0 Å². The zero-order valence-corrected chi connectivity index (χ0v) is 9.66. The maximum absolute atomic E-state index is 9.67. The molecule has 0 saturated heterocycles. The summed E-state index contributed by atoms with van der Waals surface area (Å²) in [5, 5.41) is 9.67. The second kappa shape index (κ2) is 5.61. The van der Waals surface area contributed by atoms with Crippen molar-refractivity contribution in [3.63, 3.8) is 0 Å². The van der Waals surface area contributed by atoms with Gasteiger partial charge in [-0.25, -0.2) is 0 Å². The average Bonchev–Trinajstić information content (AvgIpc) is 2.21. The minimum Gasteiger partial charge on any atom is -0.508 e. The largest absolute Gasteiger partial charge is 0.508 e. The van der Waals surface area contributed by atoms with Crippen LogP contribution in [0.1, 0.15) is 18.9 Å². The van der Waals surface area contributed by atoms with Crippen LogP contribution in [-0.4, -0.2) is 30.7 Å². The third-order valence-corrected chi connectivity index (χ3v) is 2.33. The molecule has 0 aliphatic heterocycles. The van der Waals surface area contributed by atoms with Crippen molar-refractivity contribution in [2.24, 2.45) is 0 Å². The van der Waals surface area contributed by atoms with Gasteiger partial charge < -0.3 is 14.7 Å². The molecule has 0 saturated carbocycles. The van der Waals surface area contributed by atoms with Crippen molar-refractivity contribution < 1.29 is 9.84 Å². The Labute approximate surface area is 91.3 Å². The normalized spacial score (nSPS) is 10.7. The molecule has 0 aliphatic carbocycles. The highest BCUT2D eigenvalue weighted by Crippen LogP contribution is 2.23. The molecular formula is C12H19NO2. The molecule has 0 bridgehead atoms. The Morgan fingerprint density at radius 1 is 1.40 bits per heavy atom. The highest BCUT2D eigenvalue weighted by atomic mass is 16.5. The highest BCUT2D eigenvalue weighted by molar-refractivity contribution is 5.39. The molecule has 84 valence electrons. The van der Waals surface area contributed by atoms with Gasteiger partial charge in [-0.05, 0) is 38.2 Å². The molecule has 1 rings (SSSR count). The molecule has 0 aliphatic rings. The summed E-state index contributed by atoms with van der Waals surface area (Å²) in [6, 6.07) is 5.31. The van der Waals surface area contributed by atoms with Crippen LogP contribution in [0.15, 0.2) is 18.2 Å². The molecule has 1 aromatic carbocycles. The van der Waals surface area contributed by atoms with E-state index >= 15 is 0 Å². The van der Waals surface area contributed by atoms with Gasteiger partial charge in [-0.3, -0.25) is 0 Å². The maximum Gasteiger partial charge on any atom is 0.120 e. The first kappa shape index (κ1) is 11.9. The number of aromatic hydroxyl groups is 1. The van der Waals surface area contributed by atoms with Crippen LogP contribution in [0.4, 0.5) is 0 Å². The number of phenols is 1. The molecular weight excluding hydrogens is 190 g/mol. The van der Waals surface area contributed by atoms with E-state index in [-0.39, 0.29) is 0 Å². The van der Waals surface area contributed by atoms with E-state index in [0.29, 0.717) is 5.75 Å². The fourth-order valence-electron chi connectivity index (χ4n) is 1.57. The van der Waals surface area contributed by atoms with Gasteiger partial charge in [0.2, 0.25) is 0 Å². The van der Waals surface area contributed by atoms with Crippen molar-refractivity contribution in [3.8, 4) is 11.5 Å². The lowest BCUT2D eigenvalue weighted by atomic mass is 10.2. The molecule has 0 radical (unpaired) electrons. The number of ether oxygens (including phenoxy) is 1. The fourth-order valence-corrected chi connectivity index (χ4v) is 1.57. The lowest BCUT2D eigenvalue weighted by molar-refractivity contribution is 0.319. The molecule has 0 unspecified atom stereocenters. The number of rotatable bonds is 5. The quantitative estimate of drug-likeness (QED) is 0.807. The van der Waals surface area contributed by atoms with Gasteiger partial charge in [0, 0.05) is 12.1 Å². The van der Waals surface area contributed by atoms with Crippen LogP contribution in [0.25, 0.3) is 0 Å². The van der Waals surface area contributed by atoms with Gasteiger partial charge in [-0.15, -0.1) is 0 Å². The van der Waals surface area contributed by atoms with Crippen LogP contribution < -0.4 is 4.74 Å². The summed E-state index contributed by atoms with van der Waals surface area (Å²) < 4.78 is 5.12. The van der Waals surface area contributed by atoms with Gasteiger partial charge in [0.15, 0.2) is 0 Å². The molecule has 0 aromatic heterocycles. The molecule has 1 aromatic rings. The van der Waals surface area contributed by atoms with Crippen LogP contribution in [0.2, 0.25) is 0 Å². The molecule has 3 heteroatoms. The molecule has 1 N–H and O–H groups in total. The van der Waals surface area contributed by atoms with E-state index < -0.39 is 0 Å². The molecule has 0 amide bonds. The summed E-state index contributed by atoms with van der Waals surface area (Å²) in [5.41, 5.74) is 0.908. The fraction of sp³-hybridized carbons (Fsp3) is 0.500. The number of nitrogens with zero attached hydrogens (tertiary/aromatic N) is 1. The number of hydrogen-bond acceptors (Lipinski definition) is 3. The Morgan fingerprint density at radius 3 is 2.73 bits per heavy atom. The Balaban J connectivity index is 2.74. The van der Waals surface area contributed by atoms with Gasteiger partial charge in [-0.2, -0.15) is 0 Å². The Bertz CT molecular complexity index is 312. The van der Waals surface area contributed by atoms with Gasteiger partial charge in [0.25, 0.3) is 0 Å². The molecule has 0 fully saturated rings. The van der Waals surface area contributed by atoms with Gasteiger partial charge in [0.05, 0.1) is 7.11 Å². The number of methoxy groups -OCH3 is 1. The molecule has 3 nitrogen and oxygen atoms in total. The molecule has 15 heavy (non-hydrogen) atoms. The van der Waals surface area contributed by atoms with Gasteiger partial charge >= 0.3 is 0 Å². The van der Waals surface area contributed by atoms with Crippen LogP contribution in [-0.2, 0) is 6.54 Å². The summed E-state index contributed by atoms with van der Waals surface area (Å²) in [7, 11) is 3.67. The van der Waals surface area contributed by atoms with E-state index in [1.54, 1.807) is 19.2 Å². The van der Waals surface area contributed by atoms with Gasteiger partial charge in [-0.1, -0.05) is 6.92 Å². The zero-order valence-electron chi connectivity index (χ0n) is 9.66. The minimum atomic E-state index is 0.332. The average molecular weight is 209 g/mol. The predicted molar refractivity (Wildman–Crippen MR) is 61.3 cm³/mol. The standard InChI is InChI=1S/C12H19NO2/c1-4-7-13(2)9-10-8-11(15-3)5-6-12(10)14/h5-6,8,14H,4,7,9H2,1-3H3. The maximum atomic E-state index is 9.67. The van der Waals surface area contributed by atoms with Crippen molar-refractivity contribution in [2.45, 2.75) is 19.9 Å². The summed E-state index contributed by atoms with van der Waals surface area (Å²) in [6.45, 7) is 3.91. The van der Waals surface area contributed by atoms with Crippen LogP contribution in [0.5, 0.6) is 11.5 Å². The zero-order chi connectivity index (χ0) is 11.3. The van der Waals surface area contributed by atoms with E-state index in [2.05, 4.69) is 11.8 Å². The summed E-state index contributed by atoms with van der Waals surface area (Å²) in [5.74, 6) is 1.12. The SMILES string of the molecule is CCCN(C)Cc1cc(OC)ccc1O. The molecule has 0 atom stereocenters. The molecule has 0 spiro atoms. The first-order chi connectivity index (χ1) is 7.17. The van der Waals surface area contributed by atoms with Crippen molar-refractivity contribution in [2.75, 3.05) is 20.7 Å². The first-order valence-electron chi connectivity index (χ1n) is 5.21. The third kappa shape index (κ3) is 3.44. The Hall–Kier alpha value is -1.22. The van der Waals surface area contributed by atoms with E-state index in [9.17, 15) is 5.11 Å². The summed E-state index contributed by atoms with van der Waals surface area (Å²) in [6.07, 6.45) is 1.11. The van der Waals surface area contributed by atoms with Gasteiger partial charge in [0.1, 0.15) is 11.5 Å². The number of benzene rings is 1. The van der Waals surface area contributed by atoms with Crippen LogP contribution in [0.3, 0.4) is 0 Å². The highest BCUT2D eigenvalue weighted by Gasteiger charge is 2.05. The summed E-state index contributed by atoms with van der Waals surface area (Å²) >= 11 is 0. The van der Waals surface area contributed by atoms with E-state index in [1.807, 2.05) is 13.1 Å². The van der Waals surface area contributed by atoms with E-state index in [0.717, 1.165) is 30.8 Å². The summed E-state index contributed by atoms with van der Waals surface area (Å²) in [4.78, 5) is 2.18. The lowest BCUT2D eigenvalue weighted by Gasteiger charge is -2.16. The van der Waals surface area contributed by atoms with Crippen LogP contribution in [0, 0.1) is 0 Å². The van der Waals surface area contributed by atoms with Crippen molar-refractivity contribution in [1.29, 1.82) is 0 Å². The van der Waals surface area contributed by atoms with Crippen molar-refractivity contribution >= 4 is 0 Å². The monoisotopic (exact) mass is 209 g/mol. The lowest BCUT2D eigenvalue weighted by Crippen LogP contribution is -2.18. The Kier molecular flexibility index (Phi) is 4.43. The Morgan fingerprint density at radius 2 is 2.13 bits per heavy atom. The molecule has 0 heterocycles. The smallest absolute Gasteiger partial charge is 0.120 e. The van der Waals surface area contributed by atoms with Crippen molar-refractivity contribution in [1.82, 2.24) is 4.90 Å². The minimum absolute atomic E-state index is 0.332. The second-order valence-corrected chi connectivity index (χ2v) is 3.73.